The molecular weight excluding hydrogens is 440 g/mol. The normalized spacial score (nSPS) is 34.2. The fraction of sp³-hybridized carbons (Fsp3) is 0.520. The Kier molecular flexibility index (Phi) is 5.09. The third kappa shape index (κ3) is 2.48. The molecule has 1 amide bonds. The van der Waals surface area contributed by atoms with Gasteiger partial charge in [0, 0.05) is 24.6 Å². The van der Waals surface area contributed by atoms with Crippen LogP contribution in [0.5, 0.6) is 0 Å². The van der Waals surface area contributed by atoms with E-state index in [9.17, 15) is 19.2 Å². The van der Waals surface area contributed by atoms with E-state index >= 15 is 0 Å². The van der Waals surface area contributed by atoms with Crippen molar-refractivity contribution >= 4 is 23.6 Å². The van der Waals surface area contributed by atoms with E-state index < -0.39 is 47.2 Å². The van der Waals surface area contributed by atoms with Gasteiger partial charge in [0.2, 0.25) is 5.85 Å². The highest BCUT2D eigenvalue weighted by molar-refractivity contribution is 6.12. The van der Waals surface area contributed by atoms with Crippen LogP contribution in [0.1, 0.15) is 44.7 Å². The molecule has 0 aromatic heterocycles. The van der Waals surface area contributed by atoms with E-state index in [1.165, 1.54) is 19.1 Å². The third-order valence-corrected chi connectivity index (χ3v) is 7.85. The second-order valence-corrected chi connectivity index (χ2v) is 9.15. The maximum Gasteiger partial charge on any atom is 0.348 e. The Balaban J connectivity index is 1.85. The second kappa shape index (κ2) is 7.66. The number of Topliss-reactive ketones (excluding diaryl/α,β-unsaturated/α-hetero) is 1. The van der Waals surface area contributed by atoms with E-state index in [0.29, 0.717) is 37.1 Å². The van der Waals surface area contributed by atoms with Crippen LogP contribution < -0.4 is 0 Å². The molecule has 0 N–H and O–H groups in total. The first-order valence-electron chi connectivity index (χ1n) is 11.6. The quantitative estimate of drug-likeness (QED) is 0.488. The number of amides is 1. The Morgan fingerprint density at radius 3 is 2.47 bits per heavy atom. The molecule has 1 spiro atoms. The van der Waals surface area contributed by atoms with Crippen molar-refractivity contribution in [2.75, 3.05) is 20.8 Å². The maximum absolute atomic E-state index is 14.3. The Labute approximate surface area is 197 Å². The van der Waals surface area contributed by atoms with Crippen molar-refractivity contribution in [2.24, 2.45) is 11.8 Å². The van der Waals surface area contributed by atoms with Crippen molar-refractivity contribution in [1.82, 2.24) is 9.80 Å². The number of hydrogen-bond donors (Lipinski definition) is 0. The summed E-state index contributed by atoms with van der Waals surface area (Å²) in [6, 6.07) is 8.16. The first kappa shape index (κ1) is 22.6. The van der Waals surface area contributed by atoms with E-state index in [1.807, 2.05) is 25.1 Å². The highest BCUT2D eigenvalue weighted by atomic mass is 16.6. The van der Waals surface area contributed by atoms with Crippen LogP contribution in [0.15, 0.2) is 41.6 Å². The van der Waals surface area contributed by atoms with Crippen LogP contribution in [0.4, 0.5) is 0 Å². The summed E-state index contributed by atoms with van der Waals surface area (Å²) in [5, 5.41) is 0. The van der Waals surface area contributed by atoms with E-state index in [1.54, 1.807) is 24.0 Å². The van der Waals surface area contributed by atoms with Crippen LogP contribution in [0.3, 0.4) is 0 Å². The van der Waals surface area contributed by atoms with Crippen LogP contribution in [0, 0.1) is 11.8 Å². The average Bonchev–Trinajstić information content (AvgIpc) is 3.30. The number of methoxy groups -OCH3 is 2. The minimum absolute atomic E-state index is 0.0564. The van der Waals surface area contributed by atoms with Crippen molar-refractivity contribution in [1.29, 1.82) is 0 Å². The first-order valence-corrected chi connectivity index (χ1v) is 11.6. The number of esters is 2. The average molecular weight is 469 g/mol. The van der Waals surface area contributed by atoms with Gasteiger partial charge in [-0.15, -0.1) is 0 Å². The first-order chi connectivity index (χ1) is 16.3. The molecule has 5 atom stereocenters. The Morgan fingerprint density at radius 1 is 1.15 bits per heavy atom. The van der Waals surface area contributed by atoms with Crippen LogP contribution in [0.2, 0.25) is 0 Å². The lowest BCUT2D eigenvalue weighted by molar-refractivity contribution is -0.223. The fourth-order valence-corrected chi connectivity index (χ4v) is 6.64. The van der Waals surface area contributed by atoms with E-state index in [0.717, 1.165) is 0 Å². The molecule has 1 aliphatic carbocycles. The number of piperidine rings is 1. The number of ether oxygens (including phenoxy) is 3. The van der Waals surface area contributed by atoms with Crippen molar-refractivity contribution in [3.8, 4) is 0 Å². The smallest absolute Gasteiger partial charge is 0.348 e. The molecule has 0 unspecified atom stereocenters. The number of ketones is 1. The van der Waals surface area contributed by atoms with Crippen molar-refractivity contribution in [3.63, 3.8) is 0 Å². The molecule has 5 rings (SSSR count). The lowest BCUT2D eigenvalue weighted by Gasteiger charge is -2.56. The molecule has 4 aliphatic rings. The molecule has 1 aromatic rings. The van der Waals surface area contributed by atoms with Crippen LogP contribution >= 0.6 is 0 Å². The van der Waals surface area contributed by atoms with Gasteiger partial charge in [-0.1, -0.05) is 30.3 Å². The standard InChI is InChI=1S/C25H28N2O7/c1-5-26-14(2)18(21(29)32-3)20(15-10-7-6-8-11-15)27-22(30)24(23(31)33-4)16-12-9-13-17(28)19(16)25(26,27)34-24/h6-8,10-11,16,19-20H,5,9,12-13H2,1-4H3/t16-,19-,20+,24-,25-/m0/s1. The van der Waals surface area contributed by atoms with E-state index in [4.69, 9.17) is 14.2 Å². The monoisotopic (exact) mass is 468 g/mol. The Hall–Kier alpha value is -3.20. The number of carbonyl (C=O) groups is 4. The molecule has 1 saturated carbocycles. The molecule has 9 nitrogen and oxygen atoms in total. The zero-order valence-corrected chi connectivity index (χ0v) is 19.7. The largest absolute Gasteiger partial charge is 0.466 e. The summed E-state index contributed by atoms with van der Waals surface area (Å²) in [5.74, 6) is -4.97. The highest BCUT2D eigenvalue weighted by Crippen LogP contribution is 2.65. The van der Waals surface area contributed by atoms with Gasteiger partial charge in [0.25, 0.3) is 11.5 Å². The number of fused-ring (bicyclic) bond motifs is 3. The summed E-state index contributed by atoms with van der Waals surface area (Å²) in [6.45, 7) is 3.97. The molecule has 2 saturated heterocycles. The summed E-state index contributed by atoms with van der Waals surface area (Å²) in [5.41, 5.74) is -0.471. The van der Waals surface area contributed by atoms with Gasteiger partial charge in [-0.2, -0.15) is 0 Å². The number of allylic oxidation sites excluding steroid dienone is 1. The van der Waals surface area contributed by atoms with Gasteiger partial charge in [-0.25, -0.2) is 9.59 Å². The van der Waals surface area contributed by atoms with Crippen molar-refractivity contribution < 1.29 is 33.4 Å². The fourth-order valence-electron chi connectivity index (χ4n) is 6.64. The highest BCUT2D eigenvalue weighted by Gasteiger charge is 2.84. The summed E-state index contributed by atoms with van der Waals surface area (Å²) < 4.78 is 16.8. The molecule has 3 aliphatic heterocycles. The molecule has 34 heavy (non-hydrogen) atoms. The predicted octanol–water partition coefficient (Wildman–Crippen LogP) is 1.93. The third-order valence-electron chi connectivity index (χ3n) is 7.85. The van der Waals surface area contributed by atoms with Crippen LogP contribution in [-0.4, -0.2) is 65.6 Å². The SMILES string of the molecule is CCN1C(C)=C(C(=O)OC)[C@@H](c2ccccc2)N2C(=O)[C@@]3(C(=O)OC)O[C@@]12[C@@H]1C(=O)CCC[C@@H]13. The minimum atomic E-state index is -1.94. The van der Waals surface area contributed by atoms with Gasteiger partial charge in [0.05, 0.1) is 31.8 Å². The lowest BCUT2D eigenvalue weighted by atomic mass is 9.65. The van der Waals surface area contributed by atoms with Gasteiger partial charge in [0.1, 0.15) is 5.78 Å². The summed E-state index contributed by atoms with van der Waals surface area (Å²) in [4.78, 5) is 57.3. The van der Waals surface area contributed by atoms with Crippen LogP contribution in [-0.2, 0) is 33.4 Å². The van der Waals surface area contributed by atoms with Crippen molar-refractivity contribution in [3.05, 3.63) is 47.2 Å². The van der Waals surface area contributed by atoms with Gasteiger partial charge < -0.3 is 19.1 Å². The maximum atomic E-state index is 14.3. The van der Waals surface area contributed by atoms with Gasteiger partial charge in [-0.3, -0.25) is 14.5 Å². The van der Waals surface area contributed by atoms with Gasteiger partial charge >= 0.3 is 11.9 Å². The van der Waals surface area contributed by atoms with Crippen LogP contribution in [0.25, 0.3) is 0 Å². The zero-order chi connectivity index (χ0) is 24.4. The minimum Gasteiger partial charge on any atom is -0.466 e. The molecule has 1 aromatic carbocycles. The number of rotatable bonds is 4. The van der Waals surface area contributed by atoms with Gasteiger partial charge in [-0.05, 0) is 32.3 Å². The molecule has 3 fully saturated rings. The van der Waals surface area contributed by atoms with E-state index in [2.05, 4.69) is 0 Å². The molecule has 0 radical (unpaired) electrons. The second-order valence-electron chi connectivity index (χ2n) is 9.15. The number of nitrogens with zero attached hydrogens (tertiary/aromatic N) is 2. The topological polar surface area (TPSA) is 102 Å². The number of hydrogen-bond acceptors (Lipinski definition) is 8. The van der Waals surface area contributed by atoms with Crippen molar-refractivity contribution in [2.45, 2.75) is 50.6 Å². The zero-order valence-electron chi connectivity index (χ0n) is 19.7. The molecule has 180 valence electrons. The molecular formula is C25H28N2O7. The molecule has 9 heteroatoms. The summed E-state index contributed by atoms with van der Waals surface area (Å²) in [6.07, 6.45) is 1.40. The van der Waals surface area contributed by atoms with Gasteiger partial charge in [0.15, 0.2) is 0 Å². The predicted molar refractivity (Wildman–Crippen MR) is 118 cm³/mol. The number of carbonyl (C=O) groups excluding carboxylic acids is 4. The number of benzene rings is 1. The summed E-state index contributed by atoms with van der Waals surface area (Å²) in [7, 11) is 2.50. The lowest BCUT2D eigenvalue weighted by Crippen LogP contribution is -2.71. The Morgan fingerprint density at radius 2 is 1.85 bits per heavy atom. The summed E-state index contributed by atoms with van der Waals surface area (Å²) >= 11 is 0. The molecule has 3 heterocycles. The molecule has 2 bridgehead atoms. The van der Waals surface area contributed by atoms with E-state index in [-0.39, 0.29) is 11.4 Å². The Bertz CT molecular complexity index is 1120.